The summed E-state index contributed by atoms with van der Waals surface area (Å²) in [5.41, 5.74) is -2.09. The van der Waals surface area contributed by atoms with Gasteiger partial charge in [0, 0.05) is 12.4 Å². The minimum Gasteiger partial charge on any atom is -0.480 e. The lowest BCUT2D eigenvalue weighted by Crippen LogP contribution is -2.41. The second-order valence-corrected chi connectivity index (χ2v) is 3.75. The van der Waals surface area contributed by atoms with Crippen LogP contribution in [-0.4, -0.2) is 20.2 Å². The Morgan fingerprint density at radius 3 is 2.47 bits per heavy atom. The highest BCUT2D eigenvalue weighted by atomic mass is 19.1. The highest BCUT2D eigenvalue weighted by molar-refractivity contribution is 5.66. The van der Waals surface area contributed by atoms with Gasteiger partial charge in [-0.15, -0.1) is 0 Å². The molecule has 0 saturated heterocycles. The fourth-order valence-corrected chi connectivity index (χ4v) is 1.62. The third-order valence-electron chi connectivity index (χ3n) is 2.48. The number of hydrogen-bond donors (Lipinski definition) is 1. The number of nitrogens with zero attached hydrogens (tertiary/aromatic N) is 2. The van der Waals surface area contributed by atoms with E-state index >= 15 is 0 Å². The summed E-state index contributed by atoms with van der Waals surface area (Å²) < 4.78 is 15.1. The summed E-state index contributed by atoms with van der Waals surface area (Å²) in [6.45, 7) is -0.619. The van der Waals surface area contributed by atoms with Gasteiger partial charge in [-0.3, -0.25) is 23.5 Å². The quantitative estimate of drug-likeness (QED) is 0.804. The minimum absolute atomic E-state index is 0.0629. The number of benzene rings is 1. The van der Waals surface area contributed by atoms with Gasteiger partial charge >= 0.3 is 17.1 Å². The first kappa shape index (κ1) is 12.7. The van der Waals surface area contributed by atoms with Gasteiger partial charge in [0.05, 0.1) is 5.69 Å². The molecular weight excluding hydrogens is 255 g/mol. The molecule has 0 saturated carbocycles. The van der Waals surface area contributed by atoms with Crippen molar-refractivity contribution >= 4 is 5.97 Å². The fraction of sp³-hybridized carbons (Fsp3) is 0.0833. The van der Waals surface area contributed by atoms with Crippen LogP contribution in [0.1, 0.15) is 0 Å². The Morgan fingerprint density at radius 2 is 1.84 bits per heavy atom. The first-order valence-electron chi connectivity index (χ1n) is 5.29. The molecule has 0 spiro atoms. The second-order valence-electron chi connectivity index (χ2n) is 3.75. The maximum atomic E-state index is 13.5. The van der Waals surface area contributed by atoms with Crippen molar-refractivity contribution in [3.8, 4) is 5.69 Å². The molecule has 7 heteroatoms. The molecule has 1 aromatic heterocycles. The maximum absolute atomic E-state index is 13.5. The summed E-state index contributed by atoms with van der Waals surface area (Å²) in [7, 11) is 0. The summed E-state index contributed by atoms with van der Waals surface area (Å²) >= 11 is 0. The Bertz CT molecular complexity index is 748. The first-order valence-corrected chi connectivity index (χ1v) is 5.29. The van der Waals surface area contributed by atoms with Crippen molar-refractivity contribution in [3.05, 3.63) is 63.2 Å². The number of aromatic nitrogens is 2. The van der Waals surface area contributed by atoms with Crippen LogP contribution in [0.3, 0.4) is 0 Å². The first-order chi connectivity index (χ1) is 9.00. The summed E-state index contributed by atoms with van der Waals surface area (Å²) in [5.74, 6) is -1.90. The number of carboxylic acid groups (broad SMARTS) is 1. The van der Waals surface area contributed by atoms with E-state index in [0.717, 1.165) is 27.6 Å². The van der Waals surface area contributed by atoms with Gasteiger partial charge in [0.1, 0.15) is 12.4 Å². The van der Waals surface area contributed by atoms with Crippen LogP contribution < -0.4 is 11.1 Å². The molecule has 2 rings (SSSR count). The molecule has 1 aromatic carbocycles. The fourth-order valence-electron chi connectivity index (χ4n) is 1.62. The lowest BCUT2D eigenvalue weighted by atomic mass is 10.3. The van der Waals surface area contributed by atoms with Crippen molar-refractivity contribution in [1.82, 2.24) is 9.13 Å². The zero-order valence-electron chi connectivity index (χ0n) is 9.62. The van der Waals surface area contributed by atoms with Gasteiger partial charge in [0.2, 0.25) is 0 Å². The van der Waals surface area contributed by atoms with Crippen LogP contribution in [0.25, 0.3) is 5.69 Å². The molecule has 0 bridgehead atoms. The predicted octanol–water partition coefficient (Wildman–Crippen LogP) is 0.223. The van der Waals surface area contributed by atoms with E-state index in [2.05, 4.69) is 0 Å². The monoisotopic (exact) mass is 264 g/mol. The van der Waals surface area contributed by atoms with Gasteiger partial charge < -0.3 is 5.11 Å². The van der Waals surface area contributed by atoms with E-state index in [4.69, 9.17) is 5.11 Å². The number of hydrogen-bond acceptors (Lipinski definition) is 3. The molecule has 6 nitrogen and oxygen atoms in total. The molecule has 0 unspecified atom stereocenters. The van der Waals surface area contributed by atoms with E-state index in [1.807, 2.05) is 0 Å². The van der Waals surface area contributed by atoms with Crippen LogP contribution in [0.5, 0.6) is 0 Å². The van der Waals surface area contributed by atoms with E-state index in [9.17, 15) is 18.8 Å². The van der Waals surface area contributed by atoms with Crippen LogP contribution in [-0.2, 0) is 11.3 Å². The van der Waals surface area contributed by atoms with Crippen molar-refractivity contribution in [2.75, 3.05) is 0 Å². The maximum Gasteiger partial charge on any atom is 0.323 e. The molecule has 0 amide bonds. The second kappa shape index (κ2) is 4.89. The molecular formula is C12H9FN2O4. The Kier molecular flexibility index (Phi) is 3.28. The van der Waals surface area contributed by atoms with Crippen LogP contribution in [0.4, 0.5) is 4.39 Å². The number of aliphatic carboxylic acids is 1. The van der Waals surface area contributed by atoms with Gasteiger partial charge in [-0.2, -0.15) is 0 Å². The Hall–Kier alpha value is -2.70. The molecule has 2 aromatic rings. The van der Waals surface area contributed by atoms with Gasteiger partial charge in [-0.1, -0.05) is 12.1 Å². The molecule has 0 radical (unpaired) electrons. The molecule has 1 N–H and O–H groups in total. The topological polar surface area (TPSA) is 81.3 Å². The number of carboxylic acids is 1. The Balaban J connectivity index is 2.60. The number of halogens is 1. The van der Waals surface area contributed by atoms with Crippen LogP contribution in [0, 0.1) is 5.82 Å². The van der Waals surface area contributed by atoms with Crippen molar-refractivity contribution in [1.29, 1.82) is 0 Å². The molecule has 0 aliphatic carbocycles. The van der Waals surface area contributed by atoms with Crippen molar-refractivity contribution < 1.29 is 14.3 Å². The average Bonchev–Trinajstić information content (AvgIpc) is 2.36. The average molecular weight is 264 g/mol. The van der Waals surface area contributed by atoms with Crippen LogP contribution >= 0.6 is 0 Å². The summed E-state index contributed by atoms with van der Waals surface area (Å²) in [4.78, 5) is 34.0. The van der Waals surface area contributed by atoms with Gasteiger partial charge in [0.15, 0.2) is 0 Å². The smallest absolute Gasteiger partial charge is 0.323 e. The van der Waals surface area contributed by atoms with E-state index in [1.54, 1.807) is 0 Å². The lowest BCUT2D eigenvalue weighted by molar-refractivity contribution is -0.137. The molecule has 98 valence electrons. The summed E-state index contributed by atoms with van der Waals surface area (Å²) in [6, 6.07) is 5.48. The van der Waals surface area contributed by atoms with Crippen molar-refractivity contribution in [2.45, 2.75) is 6.54 Å². The van der Waals surface area contributed by atoms with Gasteiger partial charge in [-0.25, -0.2) is 4.39 Å². The summed E-state index contributed by atoms with van der Waals surface area (Å²) in [6.07, 6.45) is 2.29. The normalized spacial score (nSPS) is 10.4. The molecule has 19 heavy (non-hydrogen) atoms. The third-order valence-corrected chi connectivity index (χ3v) is 2.48. The molecule has 1 heterocycles. The standard InChI is InChI=1S/C12H9FN2O4/c13-8-3-1-2-4-9(8)15-6-5-14(7-10(16)17)11(18)12(15)19/h1-6H,7H2,(H,16,17). The van der Waals surface area contributed by atoms with Gasteiger partial charge in [0.25, 0.3) is 0 Å². The van der Waals surface area contributed by atoms with Crippen molar-refractivity contribution in [2.24, 2.45) is 0 Å². The van der Waals surface area contributed by atoms with Gasteiger partial charge in [-0.05, 0) is 12.1 Å². The number of para-hydroxylation sites is 1. The minimum atomic E-state index is -1.25. The highest BCUT2D eigenvalue weighted by Gasteiger charge is 2.11. The largest absolute Gasteiger partial charge is 0.480 e. The zero-order valence-corrected chi connectivity index (χ0v) is 9.62. The third kappa shape index (κ3) is 2.44. The Morgan fingerprint density at radius 1 is 1.16 bits per heavy atom. The predicted molar refractivity (Wildman–Crippen MR) is 63.9 cm³/mol. The number of rotatable bonds is 3. The molecule has 0 aliphatic heterocycles. The molecule has 0 atom stereocenters. The SMILES string of the molecule is O=C(O)Cn1ccn(-c2ccccc2F)c(=O)c1=O. The van der Waals surface area contributed by atoms with Crippen LogP contribution in [0.2, 0.25) is 0 Å². The van der Waals surface area contributed by atoms with Crippen molar-refractivity contribution in [3.63, 3.8) is 0 Å². The molecule has 0 aliphatic rings. The van der Waals surface area contributed by atoms with E-state index in [-0.39, 0.29) is 5.69 Å². The van der Waals surface area contributed by atoms with Crippen LogP contribution in [0.15, 0.2) is 46.2 Å². The zero-order chi connectivity index (χ0) is 14.0. The Labute approximate surface area is 106 Å². The van der Waals surface area contributed by atoms with E-state index in [1.165, 1.54) is 18.2 Å². The molecule has 0 fully saturated rings. The van der Waals surface area contributed by atoms with E-state index in [0.29, 0.717) is 0 Å². The highest BCUT2D eigenvalue weighted by Crippen LogP contribution is 2.09. The van der Waals surface area contributed by atoms with E-state index < -0.39 is 29.4 Å². The number of carbonyl (C=O) groups is 1. The lowest BCUT2D eigenvalue weighted by Gasteiger charge is -2.08. The summed E-state index contributed by atoms with van der Waals surface area (Å²) in [5, 5.41) is 8.58.